The molecule has 0 aliphatic rings. The molecule has 0 amide bonds. The van der Waals surface area contributed by atoms with Gasteiger partial charge in [0.15, 0.2) is 5.96 Å². The van der Waals surface area contributed by atoms with E-state index >= 15 is 0 Å². The van der Waals surface area contributed by atoms with Crippen LogP contribution in [0.25, 0.3) is 10.9 Å². The van der Waals surface area contributed by atoms with Gasteiger partial charge in [-0.2, -0.15) is 0 Å². The second-order valence-corrected chi connectivity index (χ2v) is 6.31. The smallest absolute Gasteiger partial charge is 0.188 e. The number of rotatable bonds is 6. The summed E-state index contributed by atoms with van der Waals surface area (Å²) in [5.74, 6) is 0.230. The van der Waals surface area contributed by atoms with Gasteiger partial charge < -0.3 is 16.0 Å². The zero-order chi connectivity index (χ0) is 16.1. The number of nitrogens with one attached hydrogen (secondary N) is 2. The third-order valence-electron chi connectivity index (χ3n) is 3.65. The van der Waals surface area contributed by atoms with Crippen molar-refractivity contribution in [3.05, 3.63) is 58.2 Å². The molecule has 0 saturated heterocycles. The summed E-state index contributed by atoms with van der Waals surface area (Å²) in [6, 6.07) is 8.90. The first kappa shape index (κ1) is 15.6. The first-order chi connectivity index (χ1) is 11.2. The number of halogens is 1. The molecule has 0 radical (unpaired) electrons. The van der Waals surface area contributed by atoms with E-state index in [0.29, 0.717) is 19.0 Å². The number of thiophene rings is 1. The van der Waals surface area contributed by atoms with Gasteiger partial charge in [-0.3, -0.25) is 4.99 Å². The minimum absolute atomic E-state index is 0.221. The molecule has 0 fully saturated rings. The molecule has 4 nitrogen and oxygen atoms in total. The van der Waals surface area contributed by atoms with Crippen LogP contribution in [0.5, 0.6) is 0 Å². The summed E-state index contributed by atoms with van der Waals surface area (Å²) in [6.45, 7) is 1.34. The van der Waals surface area contributed by atoms with E-state index in [9.17, 15) is 4.39 Å². The predicted octanol–water partition coefficient (Wildman–Crippen LogP) is 3.06. The lowest BCUT2D eigenvalue weighted by molar-refractivity contribution is 0.629. The maximum absolute atomic E-state index is 13.3. The lowest BCUT2D eigenvalue weighted by Crippen LogP contribution is -2.33. The van der Waals surface area contributed by atoms with Crippen molar-refractivity contribution in [1.82, 2.24) is 10.3 Å². The average molecular weight is 330 g/mol. The summed E-state index contributed by atoms with van der Waals surface area (Å²) in [5, 5.41) is 6.08. The number of benzene rings is 1. The number of hydrogen-bond acceptors (Lipinski definition) is 2. The number of nitrogens with zero attached hydrogens (tertiary/aromatic N) is 1. The number of nitrogens with two attached hydrogens (primary N) is 1. The topological polar surface area (TPSA) is 66.2 Å². The average Bonchev–Trinajstić information content (AvgIpc) is 3.17. The number of H-pyrrole nitrogens is 1. The fourth-order valence-corrected chi connectivity index (χ4v) is 3.18. The van der Waals surface area contributed by atoms with Gasteiger partial charge in [-0.05, 0) is 41.6 Å². The van der Waals surface area contributed by atoms with Gasteiger partial charge in [0.2, 0.25) is 0 Å². The number of aromatic nitrogens is 1. The van der Waals surface area contributed by atoms with Crippen LogP contribution in [0.2, 0.25) is 0 Å². The third-order valence-corrected chi connectivity index (χ3v) is 4.59. The molecular formula is C17H19FN4S. The van der Waals surface area contributed by atoms with Crippen molar-refractivity contribution in [2.75, 3.05) is 13.1 Å². The summed E-state index contributed by atoms with van der Waals surface area (Å²) in [5.41, 5.74) is 7.88. The molecule has 2 aromatic heterocycles. The van der Waals surface area contributed by atoms with Crippen molar-refractivity contribution in [2.45, 2.75) is 12.8 Å². The summed E-state index contributed by atoms with van der Waals surface area (Å²) < 4.78 is 13.3. The molecule has 3 rings (SSSR count). The number of aromatic amines is 1. The van der Waals surface area contributed by atoms with E-state index in [1.807, 2.05) is 12.3 Å². The van der Waals surface area contributed by atoms with Crippen LogP contribution in [0.15, 0.2) is 46.9 Å². The predicted molar refractivity (Wildman–Crippen MR) is 94.5 cm³/mol. The molecule has 0 spiro atoms. The SMILES string of the molecule is NC(=NCCc1cccs1)NCCc1c[nH]c2ccc(F)cc12. The minimum atomic E-state index is -0.221. The van der Waals surface area contributed by atoms with E-state index in [0.717, 1.165) is 29.3 Å². The van der Waals surface area contributed by atoms with Crippen molar-refractivity contribution in [1.29, 1.82) is 0 Å². The van der Waals surface area contributed by atoms with Crippen LogP contribution in [-0.2, 0) is 12.8 Å². The van der Waals surface area contributed by atoms with Gasteiger partial charge in [0, 0.05) is 41.5 Å². The van der Waals surface area contributed by atoms with Crippen LogP contribution in [0, 0.1) is 5.82 Å². The Bertz CT molecular complexity index is 792. The van der Waals surface area contributed by atoms with Crippen molar-refractivity contribution in [2.24, 2.45) is 10.7 Å². The molecule has 0 unspecified atom stereocenters. The summed E-state index contributed by atoms with van der Waals surface area (Å²) >= 11 is 1.73. The lowest BCUT2D eigenvalue weighted by atomic mass is 10.1. The highest BCUT2D eigenvalue weighted by Gasteiger charge is 2.04. The fourth-order valence-electron chi connectivity index (χ4n) is 2.48. The Hall–Kier alpha value is -2.34. The number of aliphatic imine (C=N–C) groups is 1. The summed E-state index contributed by atoms with van der Waals surface area (Å²) in [6.07, 6.45) is 3.57. The Labute approximate surface area is 138 Å². The number of hydrogen-bond donors (Lipinski definition) is 3. The van der Waals surface area contributed by atoms with Gasteiger partial charge >= 0.3 is 0 Å². The molecule has 2 heterocycles. The molecule has 6 heteroatoms. The van der Waals surface area contributed by atoms with Gasteiger partial charge in [0.1, 0.15) is 5.82 Å². The van der Waals surface area contributed by atoms with Gasteiger partial charge in [-0.15, -0.1) is 11.3 Å². The third kappa shape index (κ3) is 4.10. The van der Waals surface area contributed by atoms with E-state index in [4.69, 9.17) is 5.73 Å². The first-order valence-electron chi connectivity index (χ1n) is 7.54. The Balaban J connectivity index is 1.49. The second-order valence-electron chi connectivity index (χ2n) is 5.28. The van der Waals surface area contributed by atoms with Crippen LogP contribution in [0.4, 0.5) is 4.39 Å². The number of guanidine groups is 1. The van der Waals surface area contributed by atoms with E-state index in [2.05, 4.69) is 26.7 Å². The largest absolute Gasteiger partial charge is 0.370 e. The van der Waals surface area contributed by atoms with E-state index in [-0.39, 0.29) is 5.82 Å². The Morgan fingerprint density at radius 1 is 1.30 bits per heavy atom. The highest BCUT2D eigenvalue weighted by molar-refractivity contribution is 7.09. The zero-order valence-electron chi connectivity index (χ0n) is 12.7. The second kappa shape index (κ2) is 7.28. The Morgan fingerprint density at radius 3 is 3.04 bits per heavy atom. The highest BCUT2D eigenvalue weighted by Crippen LogP contribution is 2.19. The van der Waals surface area contributed by atoms with E-state index in [1.54, 1.807) is 23.5 Å². The van der Waals surface area contributed by atoms with Crippen LogP contribution in [0.3, 0.4) is 0 Å². The molecule has 1 aromatic carbocycles. The normalized spacial score (nSPS) is 12.0. The monoisotopic (exact) mass is 330 g/mol. The Kier molecular flexibility index (Phi) is 4.92. The van der Waals surface area contributed by atoms with Crippen LogP contribution in [-0.4, -0.2) is 24.0 Å². The maximum atomic E-state index is 13.3. The lowest BCUT2D eigenvalue weighted by Gasteiger charge is -2.05. The fraction of sp³-hybridized carbons (Fsp3) is 0.235. The molecule has 0 atom stereocenters. The van der Waals surface area contributed by atoms with Crippen LogP contribution >= 0.6 is 11.3 Å². The zero-order valence-corrected chi connectivity index (χ0v) is 13.5. The van der Waals surface area contributed by atoms with Crippen LogP contribution < -0.4 is 11.1 Å². The Morgan fingerprint density at radius 2 is 2.22 bits per heavy atom. The molecule has 23 heavy (non-hydrogen) atoms. The number of fused-ring (bicyclic) bond motifs is 1. The first-order valence-corrected chi connectivity index (χ1v) is 8.42. The van der Waals surface area contributed by atoms with Crippen molar-refractivity contribution in [3.8, 4) is 0 Å². The quantitative estimate of drug-likeness (QED) is 0.480. The van der Waals surface area contributed by atoms with Crippen molar-refractivity contribution >= 4 is 28.2 Å². The van der Waals surface area contributed by atoms with Gasteiger partial charge in [0.25, 0.3) is 0 Å². The van der Waals surface area contributed by atoms with Crippen LogP contribution in [0.1, 0.15) is 10.4 Å². The molecule has 0 aliphatic carbocycles. The van der Waals surface area contributed by atoms with E-state index in [1.165, 1.54) is 10.9 Å². The molecule has 3 aromatic rings. The summed E-state index contributed by atoms with van der Waals surface area (Å²) in [7, 11) is 0. The highest BCUT2D eigenvalue weighted by atomic mass is 32.1. The van der Waals surface area contributed by atoms with Gasteiger partial charge in [-0.25, -0.2) is 4.39 Å². The molecular weight excluding hydrogens is 311 g/mol. The molecule has 4 N–H and O–H groups in total. The molecule has 0 aliphatic heterocycles. The van der Waals surface area contributed by atoms with E-state index < -0.39 is 0 Å². The minimum Gasteiger partial charge on any atom is -0.370 e. The summed E-state index contributed by atoms with van der Waals surface area (Å²) in [4.78, 5) is 8.77. The van der Waals surface area contributed by atoms with Gasteiger partial charge in [-0.1, -0.05) is 6.07 Å². The van der Waals surface area contributed by atoms with Gasteiger partial charge in [0.05, 0.1) is 0 Å². The maximum Gasteiger partial charge on any atom is 0.188 e. The van der Waals surface area contributed by atoms with Crippen molar-refractivity contribution in [3.63, 3.8) is 0 Å². The molecule has 120 valence electrons. The molecule has 0 bridgehead atoms. The molecule has 0 saturated carbocycles. The van der Waals surface area contributed by atoms with Crippen molar-refractivity contribution < 1.29 is 4.39 Å². The standard InChI is InChI=1S/C17H19FN4S/c18-13-3-4-16-15(10-13)12(11-22-16)5-7-20-17(19)21-8-6-14-2-1-9-23-14/h1-4,9-11,22H,5-8H2,(H3,19,20,21).